The van der Waals surface area contributed by atoms with Crippen LogP contribution in [0, 0.1) is 42.4 Å². The zero-order valence-corrected chi connectivity index (χ0v) is 17.3. The molecule has 3 fully saturated rings. The van der Waals surface area contributed by atoms with Crippen molar-refractivity contribution in [3.63, 3.8) is 0 Å². The predicted molar refractivity (Wildman–Crippen MR) is 107 cm³/mol. The van der Waals surface area contributed by atoms with Gasteiger partial charge < -0.3 is 4.74 Å². The molecule has 156 valence electrons. The molecule has 1 heterocycles. The third-order valence-electron chi connectivity index (χ3n) is 7.42. The van der Waals surface area contributed by atoms with Gasteiger partial charge in [0.2, 0.25) is 17.6 Å². The molecule has 0 N–H and O–H groups in total. The van der Waals surface area contributed by atoms with Crippen molar-refractivity contribution in [2.75, 3.05) is 0 Å². The molecule has 1 saturated heterocycles. The second-order valence-corrected chi connectivity index (χ2v) is 9.19. The highest BCUT2D eigenvalue weighted by Crippen LogP contribution is 2.65. The lowest BCUT2D eigenvalue weighted by molar-refractivity contribution is -0.160. The van der Waals surface area contributed by atoms with Crippen LogP contribution in [0.1, 0.15) is 36.2 Å². The number of ketones is 1. The van der Waals surface area contributed by atoms with E-state index in [2.05, 4.69) is 12.2 Å². The van der Waals surface area contributed by atoms with Gasteiger partial charge in [-0.3, -0.25) is 19.3 Å². The van der Waals surface area contributed by atoms with Crippen LogP contribution in [0.2, 0.25) is 0 Å². The molecular formula is C24H25NO5. The van der Waals surface area contributed by atoms with E-state index in [0.717, 1.165) is 16.9 Å². The number of allylic oxidation sites excluding steroid dienone is 2. The fourth-order valence-electron chi connectivity index (χ4n) is 5.75. The molecule has 0 aromatic heterocycles. The number of imide groups is 1. The first-order valence-electron chi connectivity index (χ1n) is 10.7. The zero-order chi connectivity index (χ0) is 21.3. The van der Waals surface area contributed by atoms with Gasteiger partial charge in [-0.05, 0) is 50.9 Å². The zero-order valence-electron chi connectivity index (χ0n) is 17.3. The lowest BCUT2D eigenvalue weighted by Crippen LogP contribution is -2.46. The van der Waals surface area contributed by atoms with Crippen molar-refractivity contribution in [3.05, 3.63) is 47.5 Å². The minimum absolute atomic E-state index is 0.108. The van der Waals surface area contributed by atoms with Crippen molar-refractivity contribution in [1.82, 2.24) is 4.90 Å². The van der Waals surface area contributed by atoms with Crippen LogP contribution in [0.4, 0.5) is 0 Å². The molecule has 6 heteroatoms. The molecule has 5 aliphatic rings. The number of hydrogen-bond acceptors (Lipinski definition) is 5. The van der Waals surface area contributed by atoms with Crippen molar-refractivity contribution in [2.24, 2.45) is 35.5 Å². The van der Waals surface area contributed by atoms with Crippen LogP contribution in [0.25, 0.3) is 0 Å². The van der Waals surface area contributed by atoms with Crippen LogP contribution in [0.15, 0.2) is 36.4 Å². The molecule has 2 bridgehead atoms. The number of rotatable bonds is 5. The van der Waals surface area contributed by atoms with Crippen molar-refractivity contribution in [3.8, 4) is 0 Å². The second-order valence-electron chi connectivity index (χ2n) is 9.19. The molecule has 1 aromatic carbocycles. The number of carbonyl (C=O) groups excluding carboxylic acids is 4. The molecule has 2 amide bonds. The summed E-state index contributed by atoms with van der Waals surface area (Å²) in [7, 11) is 0. The SMILES string of the molecule is Cc1ccc(C(=O)[C@H](C)OC(=O)[C@H](C)N2C(=O)[C@H]3[C@@H]4C=C[C@H]([C@@H]5C[C@H]45)[C@@H]3C2=O)cc1. The minimum Gasteiger partial charge on any atom is -0.453 e. The van der Waals surface area contributed by atoms with E-state index in [1.165, 1.54) is 13.8 Å². The Labute approximate surface area is 175 Å². The van der Waals surface area contributed by atoms with Gasteiger partial charge in [-0.1, -0.05) is 42.0 Å². The van der Waals surface area contributed by atoms with Gasteiger partial charge in [0.15, 0.2) is 6.10 Å². The van der Waals surface area contributed by atoms with Crippen LogP contribution in [0.3, 0.4) is 0 Å². The summed E-state index contributed by atoms with van der Waals surface area (Å²) in [6.07, 6.45) is 4.29. The number of esters is 1. The molecule has 0 spiro atoms. The third kappa shape index (κ3) is 2.69. The quantitative estimate of drug-likeness (QED) is 0.324. The number of nitrogens with zero attached hydrogens (tertiary/aromatic N) is 1. The van der Waals surface area contributed by atoms with Crippen LogP contribution in [-0.2, 0) is 19.1 Å². The predicted octanol–water partition coefficient (Wildman–Crippen LogP) is 2.55. The Morgan fingerprint density at radius 1 is 0.967 bits per heavy atom. The highest BCUT2D eigenvalue weighted by molar-refractivity contribution is 6.09. The van der Waals surface area contributed by atoms with Gasteiger partial charge >= 0.3 is 5.97 Å². The Morgan fingerprint density at radius 3 is 2.03 bits per heavy atom. The molecule has 30 heavy (non-hydrogen) atoms. The number of hydrogen-bond donors (Lipinski definition) is 0. The summed E-state index contributed by atoms with van der Waals surface area (Å²) in [6, 6.07) is 5.98. The van der Waals surface area contributed by atoms with Gasteiger partial charge in [-0.2, -0.15) is 0 Å². The summed E-state index contributed by atoms with van der Waals surface area (Å²) < 4.78 is 5.37. The van der Waals surface area contributed by atoms with E-state index in [9.17, 15) is 19.2 Å². The maximum Gasteiger partial charge on any atom is 0.329 e. The summed E-state index contributed by atoms with van der Waals surface area (Å²) in [4.78, 5) is 52.6. The highest BCUT2D eigenvalue weighted by Gasteiger charge is 2.67. The fourth-order valence-corrected chi connectivity index (χ4v) is 5.75. The van der Waals surface area contributed by atoms with Crippen molar-refractivity contribution >= 4 is 23.6 Å². The Morgan fingerprint density at radius 2 is 1.50 bits per heavy atom. The Bertz CT molecular complexity index is 944. The average Bonchev–Trinajstić information content (AvgIpc) is 3.51. The van der Waals surface area contributed by atoms with E-state index >= 15 is 0 Å². The third-order valence-corrected chi connectivity index (χ3v) is 7.42. The number of likely N-dealkylation sites (tertiary alicyclic amines) is 1. The van der Waals surface area contributed by atoms with Gasteiger partial charge in [-0.15, -0.1) is 0 Å². The smallest absolute Gasteiger partial charge is 0.329 e. The number of aryl methyl sites for hydroxylation is 1. The molecule has 8 atom stereocenters. The Balaban J connectivity index is 1.29. The van der Waals surface area contributed by atoms with Crippen LogP contribution >= 0.6 is 0 Å². The summed E-state index contributed by atoms with van der Waals surface area (Å²) in [5.41, 5.74) is 1.48. The normalized spacial score (nSPS) is 35.0. The maximum atomic E-state index is 13.1. The molecule has 1 aliphatic heterocycles. The molecule has 6 rings (SSSR count). The number of amides is 2. The largest absolute Gasteiger partial charge is 0.453 e. The fraction of sp³-hybridized carbons (Fsp3) is 0.500. The van der Waals surface area contributed by atoms with Gasteiger partial charge in [0.1, 0.15) is 6.04 Å². The first kappa shape index (κ1) is 19.2. The van der Waals surface area contributed by atoms with Gasteiger partial charge in [0, 0.05) is 5.56 Å². The molecule has 0 radical (unpaired) electrons. The standard InChI is InChI=1S/C24H25NO5/c1-11-4-6-14(7-5-11)21(26)13(3)30-24(29)12(2)25-22(27)19-15-8-9-16(18-10-17(15)18)20(19)23(25)28/h4-9,12-13,15-20H,10H2,1-3H3/t12-,13-,15+,16+,17-,18+,19-,20-/m0/s1. The summed E-state index contributed by atoms with van der Waals surface area (Å²) in [6.45, 7) is 4.94. The van der Waals surface area contributed by atoms with Crippen LogP contribution in [-0.4, -0.2) is 40.6 Å². The number of Topliss-reactive ketones (excluding diaryl/α,β-unsaturated/α-hetero) is 1. The number of carbonyl (C=O) groups is 4. The molecule has 4 aliphatic carbocycles. The maximum absolute atomic E-state index is 13.1. The monoisotopic (exact) mass is 407 g/mol. The molecular weight excluding hydrogens is 382 g/mol. The first-order valence-corrected chi connectivity index (χ1v) is 10.7. The van der Waals surface area contributed by atoms with Crippen molar-refractivity contribution in [2.45, 2.75) is 39.3 Å². The highest BCUT2D eigenvalue weighted by atomic mass is 16.5. The van der Waals surface area contributed by atoms with E-state index in [-0.39, 0.29) is 41.3 Å². The number of benzene rings is 1. The molecule has 6 nitrogen and oxygen atoms in total. The Kier molecular flexibility index (Phi) is 4.24. The molecule has 0 unspecified atom stereocenters. The lowest BCUT2D eigenvalue weighted by atomic mass is 9.63. The topological polar surface area (TPSA) is 80.8 Å². The van der Waals surface area contributed by atoms with E-state index < -0.39 is 18.1 Å². The van der Waals surface area contributed by atoms with Gasteiger partial charge in [-0.25, -0.2) is 4.79 Å². The van der Waals surface area contributed by atoms with Crippen LogP contribution < -0.4 is 0 Å². The van der Waals surface area contributed by atoms with Crippen LogP contribution in [0.5, 0.6) is 0 Å². The van der Waals surface area contributed by atoms with Crippen molar-refractivity contribution in [1.29, 1.82) is 0 Å². The molecule has 2 saturated carbocycles. The summed E-state index contributed by atoms with van der Waals surface area (Å²) in [5, 5.41) is 0. The summed E-state index contributed by atoms with van der Waals surface area (Å²) in [5.74, 6) is -1.04. The van der Waals surface area contributed by atoms with Gasteiger partial charge in [0.25, 0.3) is 0 Å². The average molecular weight is 407 g/mol. The van der Waals surface area contributed by atoms with E-state index in [0.29, 0.717) is 17.4 Å². The minimum atomic E-state index is -1.04. The molecule has 1 aromatic rings. The van der Waals surface area contributed by atoms with Gasteiger partial charge in [0.05, 0.1) is 11.8 Å². The van der Waals surface area contributed by atoms with E-state index in [1.807, 2.05) is 19.1 Å². The number of ether oxygens (including phenoxy) is 1. The van der Waals surface area contributed by atoms with E-state index in [1.54, 1.807) is 12.1 Å². The first-order chi connectivity index (χ1) is 14.3. The van der Waals surface area contributed by atoms with Crippen molar-refractivity contribution < 1.29 is 23.9 Å². The summed E-state index contributed by atoms with van der Waals surface area (Å²) >= 11 is 0. The Hall–Kier alpha value is -2.76. The second kappa shape index (κ2) is 6.62. The van der Waals surface area contributed by atoms with E-state index in [4.69, 9.17) is 4.74 Å². The lowest BCUT2D eigenvalue weighted by Gasteiger charge is -2.37.